The van der Waals surface area contributed by atoms with Gasteiger partial charge in [-0.3, -0.25) is 9.59 Å². The van der Waals surface area contributed by atoms with E-state index in [4.69, 9.17) is 27.9 Å². The number of anilines is 1. The summed E-state index contributed by atoms with van der Waals surface area (Å²) in [5.74, 6) is 0.500. The Labute approximate surface area is 195 Å². The molecule has 166 valence electrons. The summed E-state index contributed by atoms with van der Waals surface area (Å²) in [5.41, 5.74) is 1.96. The third-order valence-electron chi connectivity index (χ3n) is 5.44. The number of amides is 1. The number of halogens is 2. The molecule has 1 saturated heterocycles. The van der Waals surface area contributed by atoms with E-state index < -0.39 is 0 Å². The fourth-order valence-corrected chi connectivity index (χ4v) is 3.98. The Bertz CT molecular complexity index is 1190. The molecule has 3 aromatic rings. The fraction of sp³-hybridized carbons (Fsp3) is 0.261. The first kappa shape index (κ1) is 22.2. The number of benzene rings is 2. The average molecular weight is 473 g/mol. The lowest BCUT2D eigenvalue weighted by molar-refractivity contribution is -0.132. The van der Waals surface area contributed by atoms with Gasteiger partial charge >= 0.3 is 0 Å². The van der Waals surface area contributed by atoms with E-state index >= 15 is 0 Å². The van der Waals surface area contributed by atoms with Crippen LogP contribution in [0.1, 0.15) is 0 Å². The summed E-state index contributed by atoms with van der Waals surface area (Å²) in [6.07, 6.45) is 0. The summed E-state index contributed by atoms with van der Waals surface area (Å²) in [6, 6.07) is 16.0. The van der Waals surface area contributed by atoms with Gasteiger partial charge in [-0.15, -0.1) is 0 Å². The van der Waals surface area contributed by atoms with Crippen molar-refractivity contribution in [1.29, 1.82) is 0 Å². The molecule has 1 aliphatic heterocycles. The molecule has 1 aromatic heterocycles. The van der Waals surface area contributed by atoms with E-state index in [1.54, 1.807) is 24.1 Å². The molecule has 4 rings (SSSR count). The standard InChI is InChI=1S/C23H22Cl2N4O3/c1-32-21-5-3-2-4-17(21)20-8-9-22(30)29(26-20)15-23(31)28-12-10-27(11-13-28)16-6-7-18(24)19(25)14-16/h2-9,14H,10-13,15H2,1H3. The molecule has 0 aliphatic carbocycles. The van der Waals surface area contributed by atoms with E-state index in [2.05, 4.69) is 10.00 Å². The number of aromatic nitrogens is 2. The molecular weight excluding hydrogens is 451 g/mol. The zero-order valence-corrected chi connectivity index (χ0v) is 19.0. The van der Waals surface area contributed by atoms with Crippen LogP contribution < -0.4 is 15.2 Å². The Morgan fingerprint density at radius 1 is 1.00 bits per heavy atom. The van der Waals surface area contributed by atoms with Crippen LogP contribution in [0.5, 0.6) is 5.75 Å². The molecule has 2 heterocycles. The van der Waals surface area contributed by atoms with Crippen molar-refractivity contribution in [2.45, 2.75) is 6.54 Å². The summed E-state index contributed by atoms with van der Waals surface area (Å²) >= 11 is 12.1. The second-order valence-corrected chi connectivity index (χ2v) is 8.20. The van der Waals surface area contributed by atoms with E-state index in [9.17, 15) is 9.59 Å². The fourth-order valence-electron chi connectivity index (χ4n) is 3.69. The van der Waals surface area contributed by atoms with Crippen LogP contribution in [0.3, 0.4) is 0 Å². The van der Waals surface area contributed by atoms with Crippen LogP contribution in [0.2, 0.25) is 10.0 Å². The van der Waals surface area contributed by atoms with Gasteiger partial charge in [-0.25, -0.2) is 4.68 Å². The maximum absolute atomic E-state index is 12.9. The molecule has 32 heavy (non-hydrogen) atoms. The van der Waals surface area contributed by atoms with Crippen molar-refractivity contribution >= 4 is 34.8 Å². The number of carbonyl (C=O) groups excluding carboxylic acids is 1. The summed E-state index contributed by atoms with van der Waals surface area (Å²) in [5, 5.41) is 5.42. The largest absolute Gasteiger partial charge is 0.496 e. The maximum atomic E-state index is 12.9. The van der Waals surface area contributed by atoms with E-state index in [1.807, 2.05) is 36.4 Å². The lowest BCUT2D eigenvalue weighted by atomic mass is 10.1. The Hall–Kier alpha value is -3.03. The van der Waals surface area contributed by atoms with E-state index in [0.29, 0.717) is 47.7 Å². The van der Waals surface area contributed by atoms with Gasteiger partial charge < -0.3 is 14.5 Å². The van der Waals surface area contributed by atoms with Crippen molar-refractivity contribution in [2.24, 2.45) is 0 Å². The van der Waals surface area contributed by atoms with Crippen LogP contribution in [-0.4, -0.2) is 53.9 Å². The SMILES string of the molecule is COc1ccccc1-c1ccc(=O)n(CC(=O)N2CCN(c3ccc(Cl)c(Cl)c3)CC2)n1. The second-order valence-electron chi connectivity index (χ2n) is 7.38. The van der Waals surface area contributed by atoms with E-state index in [1.165, 1.54) is 10.7 Å². The molecule has 0 bridgehead atoms. The summed E-state index contributed by atoms with van der Waals surface area (Å²) in [6.45, 7) is 2.29. The number of hydrogen-bond acceptors (Lipinski definition) is 5. The number of hydrogen-bond donors (Lipinski definition) is 0. The third-order valence-corrected chi connectivity index (χ3v) is 6.17. The van der Waals surface area contributed by atoms with Gasteiger partial charge in [-0.1, -0.05) is 35.3 Å². The van der Waals surface area contributed by atoms with Gasteiger partial charge in [0.15, 0.2) is 0 Å². The van der Waals surface area contributed by atoms with Gasteiger partial charge in [-0.2, -0.15) is 5.10 Å². The van der Waals surface area contributed by atoms with Gasteiger partial charge in [0.05, 0.1) is 22.8 Å². The third kappa shape index (κ3) is 4.74. The second kappa shape index (κ2) is 9.63. The van der Waals surface area contributed by atoms with Crippen LogP contribution in [0.25, 0.3) is 11.3 Å². The number of rotatable bonds is 5. The molecule has 1 fully saturated rings. The number of methoxy groups -OCH3 is 1. The highest BCUT2D eigenvalue weighted by molar-refractivity contribution is 6.42. The Morgan fingerprint density at radius 3 is 2.47 bits per heavy atom. The number of carbonyl (C=O) groups is 1. The van der Waals surface area contributed by atoms with Gasteiger partial charge in [0.1, 0.15) is 12.3 Å². The van der Waals surface area contributed by atoms with Crippen molar-refractivity contribution in [3.05, 3.63) is 75.0 Å². The Kier molecular flexibility index (Phi) is 6.67. The van der Waals surface area contributed by atoms with E-state index in [-0.39, 0.29) is 18.0 Å². The molecule has 0 unspecified atom stereocenters. The minimum atomic E-state index is -0.327. The van der Waals surface area contributed by atoms with Crippen LogP contribution in [0.4, 0.5) is 5.69 Å². The highest BCUT2D eigenvalue weighted by atomic mass is 35.5. The van der Waals surface area contributed by atoms with Crippen molar-refractivity contribution in [2.75, 3.05) is 38.2 Å². The Morgan fingerprint density at radius 2 is 1.75 bits per heavy atom. The highest BCUT2D eigenvalue weighted by Crippen LogP contribution is 2.28. The van der Waals surface area contributed by atoms with Crippen LogP contribution in [0, 0.1) is 0 Å². The van der Waals surface area contributed by atoms with Gasteiger partial charge in [0.25, 0.3) is 5.56 Å². The minimum Gasteiger partial charge on any atom is -0.496 e. The van der Waals surface area contributed by atoms with Gasteiger partial charge in [0.2, 0.25) is 5.91 Å². The maximum Gasteiger partial charge on any atom is 0.267 e. The van der Waals surface area contributed by atoms with Crippen LogP contribution >= 0.6 is 23.2 Å². The van der Waals surface area contributed by atoms with Crippen molar-refractivity contribution in [3.63, 3.8) is 0 Å². The molecule has 0 spiro atoms. The van der Waals surface area contributed by atoms with Gasteiger partial charge in [0, 0.05) is 43.5 Å². The molecule has 0 radical (unpaired) electrons. The highest BCUT2D eigenvalue weighted by Gasteiger charge is 2.22. The summed E-state index contributed by atoms with van der Waals surface area (Å²) in [4.78, 5) is 29.1. The average Bonchev–Trinajstić information content (AvgIpc) is 2.82. The molecule has 1 aliphatic rings. The first-order chi connectivity index (χ1) is 15.5. The zero-order chi connectivity index (χ0) is 22.7. The minimum absolute atomic E-state index is 0.116. The van der Waals surface area contributed by atoms with Crippen molar-refractivity contribution in [3.8, 4) is 17.0 Å². The molecule has 0 N–H and O–H groups in total. The first-order valence-corrected chi connectivity index (χ1v) is 10.9. The molecule has 7 nitrogen and oxygen atoms in total. The number of piperazine rings is 1. The lowest BCUT2D eigenvalue weighted by Gasteiger charge is -2.36. The lowest BCUT2D eigenvalue weighted by Crippen LogP contribution is -2.50. The predicted octanol–water partition coefficient (Wildman–Crippen LogP) is 3.57. The van der Waals surface area contributed by atoms with Crippen LogP contribution in [0.15, 0.2) is 59.4 Å². The molecular formula is C23H22Cl2N4O3. The van der Waals surface area contributed by atoms with Gasteiger partial charge in [-0.05, 0) is 36.4 Å². The topological polar surface area (TPSA) is 67.7 Å². The van der Waals surface area contributed by atoms with Crippen molar-refractivity contribution in [1.82, 2.24) is 14.7 Å². The van der Waals surface area contributed by atoms with Crippen molar-refractivity contribution < 1.29 is 9.53 Å². The smallest absolute Gasteiger partial charge is 0.267 e. The van der Waals surface area contributed by atoms with Crippen LogP contribution in [-0.2, 0) is 11.3 Å². The summed E-state index contributed by atoms with van der Waals surface area (Å²) < 4.78 is 6.59. The normalized spacial score (nSPS) is 13.8. The Balaban J connectivity index is 1.44. The number of ether oxygens (including phenoxy) is 1. The molecule has 0 atom stereocenters. The molecule has 1 amide bonds. The number of para-hydroxylation sites is 1. The molecule has 9 heteroatoms. The monoisotopic (exact) mass is 472 g/mol. The quantitative estimate of drug-likeness (QED) is 0.567. The molecule has 0 saturated carbocycles. The summed E-state index contributed by atoms with van der Waals surface area (Å²) in [7, 11) is 1.58. The first-order valence-electron chi connectivity index (χ1n) is 10.2. The number of nitrogens with zero attached hydrogens (tertiary/aromatic N) is 4. The van der Waals surface area contributed by atoms with E-state index in [0.717, 1.165) is 11.3 Å². The molecule has 2 aromatic carbocycles. The predicted molar refractivity (Wildman–Crippen MR) is 126 cm³/mol. The zero-order valence-electron chi connectivity index (χ0n) is 17.5.